The highest BCUT2D eigenvalue weighted by Gasteiger charge is 2.13. The van der Waals surface area contributed by atoms with Gasteiger partial charge in [-0.1, -0.05) is 6.07 Å². The normalized spacial score (nSPS) is 11.1. The molecule has 0 aliphatic heterocycles. The van der Waals surface area contributed by atoms with Gasteiger partial charge < -0.3 is 10.3 Å². The molecule has 1 amide bonds. The Morgan fingerprint density at radius 1 is 1.28 bits per heavy atom. The van der Waals surface area contributed by atoms with Gasteiger partial charge in [-0.05, 0) is 31.5 Å². The standard InChI is InChI=1S/C20H20N6O2S/c1-12-13(2)29-20-17(12)19(28)24-15(25-20)6-7-16(27)22-11-14-5-3-8-21-18(14)26-10-4-9-23-26/h3-5,8-10H,6-7,11H2,1-2H3,(H,22,27)(H,24,25,28). The third-order valence-electron chi connectivity index (χ3n) is 4.74. The molecule has 0 unspecified atom stereocenters. The fourth-order valence-corrected chi connectivity index (χ4v) is 4.15. The third-order valence-corrected chi connectivity index (χ3v) is 5.84. The van der Waals surface area contributed by atoms with E-state index in [1.807, 2.05) is 32.0 Å². The number of hydrogen-bond donors (Lipinski definition) is 2. The van der Waals surface area contributed by atoms with Crippen LogP contribution < -0.4 is 10.9 Å². The molecule has 2 N–H and O–H groups in total. The Morgan fingerprint density at radius 2 is 2.14 bits per heavy atom. The zero-order valence-electron chi connectivity index (χ0n) is 16.1. The maximum absolute atomic E-state index is 12.3. The van der Waals surface area contributed by atoms with E-state index in [-0.39, 0.29) is 17.9 Å². The quantitative estimate of drug-likeness (QED) is 0.510. The van der Waals surface area contributed by atoms with Gasteiger partial charge in [0, 0.05) is 48.4 Å². The number of aromatic nitrogens is 5. The van der Waals surface area contributed by atoms with Gasteiger partial charge in [-0.3, -0.25) is 9.59 Å². The molecule has 8 nitrogen and oxygen atoms in total. The highest BCUT2D eigenvalue weighted by Crippen LogP contribution is 2.25. The molecule has 0 saturated carbocycles. The van der Waals surface area contributed by atoms with Crippen molar-refractivity contribution in [1.29, 1.82) is 0 Å². The highest BCUT2D eigenvalue weighted by molar-refractivity contribution is 7.18. The Hall–Kier alpha value is -3.33. The fourth-order valence-electron chi connectivity index (χ4n) is 3.10. The Morgan fingerprint density at radius 3 is 2.93 bits per heavy atom. The molecule has 0 fully saturated rings. The summed E-state index contributed by atoms with van der Waals surface area (Å²) in [6.07, 6.45) is 5.77. The molecule has 0 radical (unpaired) electrons. The first-order valence-corrected chi connectivity index (χ1v) is 10.0. The summed E-state index contributed by atoms with van der Waals surface area (Å²) in [5.74, 6) is 1.08. The molecule has 148 valence electrons. The largest absolute Gasteiger partial charge is 0.352 e. The number of amides is 1. The summed E-state index contributed by atoms with van der Waals surface area (Å²) in [4.78, 5) is 38.1. The lowest BCUT2D eigenvalue weighted by Gasteiger charge is -2.09. The smallest absolute Gasteiger partial charge is 0.259 e. The van der Waals surface area contributed by atoms with Crippen LogP contribution in [0.4, 0.5) is 0 Å². The van der Waals surface area contributed by atoms with Gasteiger partial charge in [0.2, 0.25) is 5.91 Å². The van der Waals surface area contributed by atoms with Crippen LogP contribution in [0.1, 0.15) is 28.2 Å². The Kier molecular flexibility index (Phi) is 5.22. The summed E-state index contributed by atoms with van der Waals surface area (Å²) in [6.45, 7) is 4.24. The molecular formula is C20H20N6O2S. The van der Waals surface area contributed by atoms with Crippen LogP contribution in [-0.4, -0.2) is 30.6 Å². The predicted octanol–water partition coefficient (Wildman–Crippen LogP) is 2.43. The number of thiophene rings is 1. The van der Waals surface area contributed by atoms with Crippen molar-refractivity contribution in [2.45, 2.75) is 33.2 Å². The summed E-state index contributed by atoms with van der Waals surface area (Å²) in [5.41, 5.74) is 1.68. The lowest BCUT2D eigenvalue weighted by atomic mass is 10.2. The first kappa shape index (κ1) is 19.0. The zero-order valence-corrected chi connectivity index (χ0v) is 16.9. The molecule has 4 rings (SSSR count). The van der Waals surface area contributed by atoms with Gasteiger partial charge in [-0.25, -0.2) is 14.6 Å². The van der Waals surface area contributed by atoms with E-state index in [0.717, 1.165) is 20.8 Å². The van der Waals surface area contributed by atoms with Crippen LogP contribution in [0.25, 0.3) is 16.0 Å². The Balaban J connectivity index is 1.40. The molecular weight excluding hydrogens is 388 g/mol. The Bertz CT molecular complexity index is 1230. The summed E-state index contributed by atoms with van der Waals surface area (Å²) in [6, 6.07) is 5.54. The SMILES string of the molecule is Cc1sc2nc(CCC(=O)NCc3cccnc3-n3cccn3)[nH]c(=O)c2c1C. The van der Waals surface area contributed by atoms with E-state index in [2.05, 4.69) is 25.4 Å². The number of carbonyl (C=O) groups is 1. The first-order valence-electron chi connectivity index (χ1n) is 9.22. The van der Waals surface area contributed by atoms with Crippen molar-refractivity contribution in [3.63, 3.8) is 0 Å². The van der Waals surface area contributed by atoms with Crippen LogP contribution in [0.2, 0.25) is 0 Å². The van der Waals surface area contributed by atoms with Crippen molar-refractivity contribution in [3.05, 3.63) is 69.0 Å². The second kappa shape index (κ2) is 7.96. The molecule has 0 aromatic carbocycles. The minimum Gasteiger partial charge on any atom is -0.352 e. The van der Waals surface area contributed by atoms with Crippen LogP contribution in [-0.2, 0) is 17.8 Å². The Labute approximate surface area is 170 Å². The summed E-state index contributed by atoms with van der Waals surface area (Å²) in [7, 11) is 0. The summed E-state index contributed by atoms with van der Waals surface area (Å²) >= 11 is 1.50. The van der Waals surface area contributed by atoms with E-state index >= 15 is 0 Å². The number of nitrogens with one attached hydrogen (secondary N) is 2. The number of hydrogen-bond acceptors (Lipinski definition) is 6. The van der Waals surface area contributed by atoms with E-state index in [4.69, 9.17) is 0 Å². The van der Waals surface area contributed by atoms with Crippen molar-refractivity contribution in [2.24, 2.45) is 0 Å². The van der Waals surface area contributed by atoms with Gasteiger partial charge in [-0.15, -0.1) is 11.3 Å². The minimum atomic E-state index is -0.147. The first-order chi connectivity index (χ1) is 14.0. The molecule has 0 saturated heterocycles. The second-order valence-electron chi connectivity index (χ2n) is 6.69. The molecule has 0 aliphatic rings. The lowest BCUT2D eigenvalue weighted by molar-refractivity contribution is -0.121. The van der Waals surface area contributed by atoms with Crippen LogP contribution >= 0.6 is 11.3 Å². The molecule has 0 atom stereocenters. The molecule has 29 heavy (non-hydrogen) atoms. The predicted molar refractivity (Wildman–Crippen MR) is 111 cm³/mol. The number of fused-ring (bicyclic) bond motifs is 1. The average molecular weight is 408 g/mol. The highest BCUT2D eigenvalue weighted by atomic mass is 32.1. The van der Waals surface area contributed by atoms with Gasteiger partial charge in [0.05, 0.1) is 5.39 Å². The zero-order chi connectivity index (χ0) is 20.4. The van der Waals surface area contributed by atoms with Gasteiger partial charge in [0.1, 0.15) is 10.7 Å². The van der Waals surface area contributed by atoms with Crippen molar-refractivity contribution in [2.75, 3.05) is 0 Å². The van der Waals surface area contributed by atoms with Crippen molar-refractivity contribution in [3.8, 4) is 5.82 Å². The van der Waals surface area contributed by atoms with Crippen molar-refractivity contribution >= 4 is 27.5 Å². The van der Waals surface area contributed by atoms with E-state index in [1.54, 1.807) is 23.3 Å². The van der Waals surface area contributed by atoms with Crippen LogP contribution in [0, 0.1) is 13.8 Å². The number of carbonyl (C=O) groups excluding carboxylic acids is 1. The van der Waals surface area contributed by atoms with Gasteiger partial charge in [0.15, 0.2) is 5.82 Å². The number of nitrogens with zero attached hydrogens (tertiary/aromatic N) is 4. The maximum atomic E-state index is 12.3. The second-order valence-corrected chi connectivity index (χ2v) is 7.89. The van der Waals surface area contributed by atoms with Crippen LogP contribution in [0.3, 0.4) is 0 Å². The number of H-pyrrole nitrogens is 1. The fraction of sp³-hybridized carbons (Fsp3) is 0.250. The molecule has 4 aromatic rings. The van der Waals surface area contributed by atoms with E-state index in [1.165, 1.54) is 11.3 Å². The lowest BCUT2D eigenvalue weighted by Crippen LogP contribution is -2.24. The third kappa shape index (κ3) is 3.95. The molecule has 9 heteroatoms. The topological polar surface area (TPSA) is 106 Å². The summed E-state index contributed by atoms with van der Waals surface area (Å²) in [5, 5.41) is 7.73. The monoisotopic (exact) mass is 408 g/mol. The number of pyridine rings is 1. The van der Waals surface area contributed by atoms with Gasteiger partial charge >= 0.3 is 0 Å². The minimum absolute atomic E-state index is 0.124. The average Bonchev–Trinajstić information content (AvgIpc) is 3.34. The van der Waals surface area contributed by atoms with Crippen molar-refractivity contribution in [1.82, 2.24) is 30.0 Å². The van der Waals surface area contributed by atoms with Crippen molar-refractivity contribution < 1.29 is 4.79 Å². The van der Waals surface area contributed by atoms with E-state index < -0.39 is 0 Å². The molecule has 0 bridgehead atoms. The molecule has 0 spiro atoms. The summed E-state index contributed by atoms with van der Waals surface area (Å²) < 4.78 is 1.66. The van der Waals surface area contributed by atoms with Crippen LogP contribution in [0.5, 0.6) is 0 Å². The molecule has 0 aliphatic carbocycles. The van der Waals surface area contributed by atoms with Gasteiger partial charge in [0.25, 0.3) is 5.56 Å². The maximum Gasteiger partial charge on any atom is 0.259 e. The van der Waals surface area contributed by atoms with Gasteiger partial charge in [-0.2, -0.15) is 5.10 Å². The molecule has 4 heterocycles. The van der Waals surface area contributed by atoms with E-state index in [9.17, 15) is 9.59 Å². The number of aromatic amines is 1. The molecule has 4 aromatic heterocycles. The van der Waals surface area contributed by atoms with Crippen LogP contribution in [0.15, 0.2) is 41.6 Å². The number of rotatable bonds is 6. The van der Waals surface area contributed by atoms with E-state index in [0.29, 0.717) is 30.0 Å². The number of aryl methyl sites for hydroxylation is 3.